The van der Waals surface area contributed by atoms with Gasteiger partial charge in [-0.1, -0.05) is 28.1 Å². The predicted octanol–water partition coefficient (Wildman–Crippen LogP) is 2.14. The van der Waals surface area contributed by atoms with Crippen molar-refractivity contribution < 1.29 is 19.1 Å². The number of carbonyl (C=O) groups excluding carboxylic acids is 3. The van der Waals surface area contributed by atoms with E-state index in [0.29, 0.717) is 25.9 Å². The number of benzene rings is 1. The third kappa shape index (κ3) is 10.7. The van der Waals surface area contributed by atoms with Crippen LogP contribution in [0.5, 0.6) is 0 Å². The third-order valence-electron chi connectivity index (χ3n) is 3.04. The minimum absolute atomic E-state index is 0.0685. The van der Waals surface area contributed by atoms with E-state index in [1.54, 1.807) is 20.8 Å². The summed E-state index contributed by atoms with van der Waals surface area (Å²) in [6.07, 6.45) is 0.279. The first kappa shape index (κ1) is 22.0. The number of ether oxygens (including phenoxy) is 1. The van der Waals surface area contributed by atoms with Crippen LogP contribution in [-0.4, -0.2) is 43.1 Å². The Morgan fingerprint density at radius 2 is 1.69 bits per heavy atom. The van der Waals surface area contributed by atoms with Crippen molar-refractivity contribution in [1.82, 2.24) is 16.0 Å². The van der Waals surface area contributed by atoms with Crippen molar-refractivity contribution in [3.8, 4) is 0 Å². The predicted molar refractivity (Wildman–Crippen MR) is 103 cm³/mol. The number of rotatable bonds is 8. The average Bonchev–Trinajstić information content (AvgIpc) is 2.51. The van der Waals surface area contributed by atoms with E-state index in [0.717, 1.165) is 10.0 Å². The maximum Gasteiger partial charge on any atom is 0.408 e. The Labute approximate surface area is 162 Å². The number of hydrogen-bond acceptors (Lipinski definition) is 4. The molecule has 1 aromatic rings. The van der Waals surface area contributed by atoms with Crippen molar-refractivity contribution in [2.45, 2.75) is 39.2 Å². The van der Waals surface area contributed by atoms with E-state index < -0.39 is 11.7 Å². The Bertz CT molecular complexity index is 629. The van der Waals surface area contributed by atoms with Crippen LogP contribution in [0.15, 0.2) is 28.7 Å². The monoisotopic (exact) mass is 427 g/mol. The van der Waals surface area contributed by atoms with Gasteiger partial charge >= 0.3 is 6.09 Å². The Hall–Kier alpha value is -2.09. The number of halogens is 1. The third-order valence-corrected chi connectivity index (χ3v) is 3.54. The molecular weight excluding hydrogens is 402 g/mol. The molecular formula is C18H26BrN3O4. The fourth-order valence-corrected chi connectivity index (χ4v) is 2.41. The SMILES string of the molecule is CC(C)(C)OC(=O)NCC(=O)NCCCNC(=O)Cc1cccc(Br)c1. The van der Waals surface area contributed by atoms with Gasteiger partial charge in [0, 0.05) is 17.6 Å². The summed E-state index contributed by atoms with van der Waals surface area (Å²) < 4.78 is 5.97. The first-order valence-electron chi connectivity index (χ1n) is 8.40. The molecule has 0 aliphatic rings. The summed E-state index contributed by atoms with van der Waals surface area (Å²) in [5.41, 5.74) is 0.326. The van der Waals surface area contributed by atoms with E-state index in [9.17, 15) is 14.4 Å². The zero-order chi connectivity index (χ0) is 19.6. The molecule has 0 radical (unpaired) electrons. The molecule has 0 saturated carbocycles. The highest BCUT2D eigenvalue weighted by molar-refractivity contribution is 9.10. The largest absolute Gasteiger partial charge is 0.444 e. The van der Waals surface area contributed by atoms with Gasteiger partial charge in [-0.2, -0.15) is 0 Å². The minimum Gasteiger partial charge on any atom is -0.444 e. The first-order valence-corrected chi connectivity index (χ1v) is 9.20. The standard InChI is InChI=1S/C18H26BrN3O4/c1-18(2,3)26-17(25)22-12-16(24)21-9-5-8-20-15(23)11-13-6-4-7-14(19)10-13/h4,6-7,10H,5,8-9,11-12H2,1-3H3,(H,20,23)(H,21,24)(H,22,25). The zero-order valence-corrected chi connectivity index (χ0v) is 16.9. The zero-order valence-electron chi connectivity index (χ0n) is 15.4. The van der Waals surface area contributed by atoms with Gasteiger partial charge in [0.1, 0.15) is 5.60 Å². The van der Waals surface area contributed by atoms with Crippen molar-refractivity contribution in [2.24, 2.45) is 0 Å². The summed E-state index contributed by atoms with van der Waals surface area (Å²) in [5, 5.41) is 7.85. The van der Waals surface area contributed by atoms with Crippen molar-refractivity contribution in [3.63, 3.8) is 0 Å². The summed E-state index contributed by atoms with van der Waals surface area (Å²) in [5.74, 6) is -0.377. The summed E-state index contributed by atoms with van der Waals surface area (Å²) >= 11 is 3.37. The molecule has 0 spiro atoms. The van der Waals surface area contributed by atoms with E-state index in [2.05, 4.69) is 31.9 Å². The number of nitrogens with one attached hydrogen (secondary N) is 3. The molecule has 7 nitrogen and oxygen atoms in total. The summed E-state index contributed by atoms with van der Waals surface area (Å²) in [6, 6.07) is 7.58. The fourth-order valence-electron chi connectivity index (χ4n) is 1.97. The van der Waals surface area contributed by atoms with Crippen molar-refractivity contribution in [1.29, 1.82) is 0 Å². The normalized spacial score (nSPS) is 10.8. The van der Waals surface area contributed by atoms with Crippen LogP contribution in [0.3, 0.4) is 0 Å². The van der Waals surface area contributed by atoms with Crippen LogP contribution in [-0.2, 0) is 20.7 Å². The van der Waals surface area contributed by atoms with E-state index in [4.69, 9.17) is 4.74 Å². The summed E-state index contributed by atoms with van der Waals surface area (Å²) in [7, 11) is 0. The van der Waals surface area contributed by atoms with Crippen LogP contribution in [0.2, 0.25) is 0 Å². The summed E-state index contributed by atoms with van der Waals surface area (Å²) in [6.45, 7) is 5.97. The molecule has 3 amide bonds. The second-order valence-corrected chi connectivity index (χ2v) is 7.63. The van der Waals surface area contributed by atoms with Gasteiger partial charge in [0.2, 0.25) is 11.8 Å². The molecule has 1 aromatic carbocycles. The minimum atomic E-state index is -0.632. The van der Waals surface area contributed by atoms with Crippen molar-refractivity contribution in [2.75, 3.05) is 19.6 Å². The van der Waals surface area contributed by atoms with Gasteiger partial charge in [-0.05, 0) is 44.9 Å². The van der Waals surface area contributed by atoms with E-state index in [1.165, 1.54) is 0 Å². The lowest BCUT2D eigenvalue weighted by molar-refractivity contribution is -0.120. The van der Waals surface area contributed by atoms with Gasteiger partial charge in [0.05, 0.1) is 13.0 Å². The highest BCUT2D eigenvalue weighted by atomic mass is 79.9. The van der Waals surface area contributed by atoms with Gasteiger partial charge in [-0.15, -0.1) is 0 Å². The number of carbonyl (C=O) groups is 3. The average molecular weight is 428 g/mol. The highest BCUT2D eigenvalue weighted by Crippen LogP contribution is 2.11. The lowest BCUT2D eigenvalue weighted by Crippen LogP contribution is -2.40. The van der Waals surface area contributed by atoms with Crippen molar-refractivity contribution >= 4 is 33.8 Å². The molecule has 1 rings (SSSR count). The fraction of sp³-hybridized carbons (Fsp3) is 0.500. The van der Waals surface area contributed by atoms with Gasteiger partial charge < -0.3 is 20.7 Å². The maximum atomic E-state index is 11.8. The molecule has 0 bridgehead atoms. The number of amides is 3. The smallest absolute Gasteiger partial charge is 0.408 e. The molecule has 26 heavy (non-hydrogen) atoms. The molecule has 0 fully saturated rings. The molecule has 8 heteroatoms. The first-order chi connectivity index (χ1) is 12.2. The lowest BCUT2D eigenvalue weighted by Gasteiger charge is -2.19. The van der Waals surface area contributed by atoms with Gasteiger partial charge in [0.25, 0.3) is 0 Å². The van der Waals surface area contributed by atoms with Crippen LogP contribution in [0, 0.1) is 0 Å². The second kappa shape index (κ2) is 10.8. The molecule has 3 N–H and O–H groups in total. The van der Waals surface area contributed by atoms with Crippen LogP contribution in [0.4, 0.5) is 4.79 Å². The number of hydrogen-bond donors (Lipinski definition) is 3. The van der Waals surface area contributed by atoms with Crippen LogP contribution in [0.25, 0.3) is 0 Å². The van der Waals surface area contributed by atoms with Crippen LogP contribution >= 0.6 is 15.9 Å². The molecule has 144 valence electrons. The molecule has 0 saturated heterocycles. The quantitative estimate of drug-likeness (QED) is 0.553. The Morgan fingerprint density at radius 3 is 2.31 bits per heavy atom. The molecule has 0 aliphatic heterocycles. The topological polar surface area (TPSA) is 96.5 Å². The highest BCUT2D eigenvalue weighted by Gasteiger charge is 2.16. The van der Waals surface area contributed by atoms with Crippen LogP contribution < -0.4 is 16.0 Å². The van der Waals surface area contributed by atoms with Gasteiger partial charge in [-0.3, -0.25) is 9.59 Å². The summed E-state index contributed by atoms with van der Waals surface area (Å²) in [4.78, 5) is 34.9. The molecule has 0 atom stereocenters. The molecule has 0 aliphatic carbocycles. The van der Waals surface area contributed by atoms with Gasteiger partial charge in [0.15, 0.2) is 0 Å². The number of alkyl carbamates (subject to hydrolysis) is 1. The van der Waals surface area contributed by atoms with Crippen molar-refractivity contribution in [3.05, 3.63) is 34.3 Å². The molecule has 0 aromatic heterocycles. The van der Waals surface area contributed by atoms with E-state index in [-0.39, 0.29) is 18.4 Å². The van der Waals surface area contributed by atoms with Crippen LogP contribution in [0.1, 0.15) is 32.8 Å². The van der Waals surface area contributed by atoms with Gasteiger partial charge in [-0.25, -0.2) is 4.79 Å². The Kier molecular flexibility index (Phi) is 9.12. The lowest BCUT2D eigenvalue weighted by atomic mass is 10.1. The second-order valence-electron chi connectivity index (χ2n) is 6.72. The Balaban J connectivity index is 2.10. The van der Waals surface area contributed by atoms with E-state index >= 15 is 0 Å². The molecule has 0 unspecified atom stereocenters. The maximum absolute atomic E-state index is 11.8. The Morgan fingerprint density at radius 1 is 1.04 bits per heavy atom. The van der Waals surface area contributed by atoms with E-state index in [1.807, 2.05) is 24.3 Å². The molecule has 0 heterocycles.